The van der Waals surface area contributed by atoms with Crippen molar-refractivity contribution in [3.05, 3.63) is 12.7 Å². The summed E-state index contributed by atoms with van der Waals surface area (Å²) in [4.78, 5) is 32.1. The van der Waals surface area contributed by atoms with Gasteiger partial charge in [-0.05, 0) is 6.42 Å². The topological polar surface area (TPSA) is 212 Å². The van der Waals surface area contributed by atoms with Gasteiger partial charge in [-0.2, -0.15) is 0 Å². The molecule has 3 rings (SSSR count). The van der Waals surface area contributed by atoms with Gasteiger partial charge in [-0.25, -0.2) is 23.8 Å². The molecule has 2 aromatic rings. The summed E-state index contributed by atoms with van der Waals surface area (Å²) >= 11 is 0. The fraction of sp³-hybridized carbons (Fsp3) is 0.808. The van der Waals surface area contributed by atoms with E-state index in [1.54, 1.807) is 0 Å². The van der Waals surface area contributed by atoms with Crippen LogP contribution in [0.4, 0.5) is 5.82 Å². The standard InChI is InChI=1S/C26H47N5O9P2/c1-2-3-4-5-6-7-8-9-10-11-12-13-14-15-16-41(34,35)40-42(36,37)38-17-20-22(32)23(33)26(39-20)31-19-30-21-24(27)28-18-29-25(21)31/h18-20,22-23,26,32-33H,2-17H2,1H3,(H,34,35)(H,36,37)(H2,27,28,29)/t20-,22-,23-,26-/m1/s1. The van der Waals surface area contributed by atoms with Crippen molar-refractivity contribution in [3.63, 3.8) is 0 Å². The predicted octanol–water partition coefficient (Wildman–Crippen LogP) is 4.83. The third-order valence-corrected chi connectivity index (χ3v) is 10.6. The lowest BCUT2D eigenvalue weighted by molar-refractivity contribution is -0.0501. The Morgan fingerprint density at radius 2 is 1.45 bits per heavy atom. The number of imidazole rings is 1. The molecule has 0 aromatic carbocycles. The first-order valence-electron chi connectivity index (χ1n) is 15.0. The second-order valence-corrected chi connectivity index (χ2v) is 14.5. The number of nitrogens with two attached hydrogens (primary N) is 1. The monoisotopic (exact) mass is 635 g/mol. The van der Waals surface area contributed by atoms with E-state index >= 15 is 0 Å². The number of phosphoric acid groups is 1. The zero-order valence-electron chi connectivity index (χ0n) is 24.4. The van der Waals surface area contributed by atoms with Gasteiger partial charge in [-0.3, -0.25) is 13.7 Å². The van der Waals surface area contributed by atoms with Crippen molar-refractivity contribution >= 4 is 32.4 Å². The Balaban J connectivity index is 1.31. The van der Waals surface area contributed by atoms with Crippen LogP contribution in [0.5, 0.6) is 0 Å². The molecule has 1 aliphatic heterocycles. The van der Waals surface area contributed by atoms with Crippen LogP contribution in [0.1, 0.15) is 103 Å². The number of aliphatic hydroxyl groups excluding tert-OH is 2. The van der Waals surface area contributed by atoms with E-state index in [4.69, 9.17) is 15.0 Å². The lowest BCUT2D eigenvalue weighted by atomic mass is 10.0. The molecule has 0 spiro atoms. The molecular weight excluding hydrogens is 588 g/mol. The zero-order valence-corrected chi connectivity index (χ0v) is 26.2. The Kier molecular flexibility index (Phi) is 14.3. The lowest BCUT2D eigenvalue weighted by Gasteiger charge is -2.19. The molecule has 6 atom stereocenters. The highest BCUT2D eigenvalue weighted by molar-refractivity contribution is 7.64. The maximum Gasteiger partial charge on any atom is 0.479 e. The van der Waals surface area contributed by atoms with Gasteiger partial charge in [0.2, 0.25) is 0 Å². The van der Waals surface area contributed by atoms with Crippen LogP contribution in [0, 0.1) is 0 Å². The van der Waals surface area contributed by atoms with Gasteiger partial charge in [0.25, 0.3) is 0 Å². The number of fused-ring (bicyclic) bond motifs is 1. The number of unbranched alkanes of at least 4 members (excludes halogenated alkanes) is 13. The molecule has 42 heavy (non-hydrogen) atoms. The van der Waals surface area contributed by atoms with E-state index in [1.165, 1.54) is 75.0 Å². The largest absolute Gasteiger partial charge is 0.479 e. The van der Waals surface area contributed by atoms with E-state index in [9.17, 15) is 29.1 Å². The van der Waals surface area contributed by atoms with Gasteiger partial charge in [-0.15, -0.1) is 0 Å². The van der Waals surface area contributed by atoms with E-state index < -0.39 is 46.6 Å². The van der Waals surface area contributed by atoms with Gasteiger partial charge in [-0.1, -0.05) is 90.4 Å². The van der Waals surface area contributed by atoms with Crippen molar-refractivity contribution in [1.29, 1.82) is 0 Å². The first kappa shape index (κ1) is 35.0. The van der Waals surface area contributed by atoms with E-state index in [-0.39, 0.29) is 23.1 Å². The molecule has 3 heterocycles. The predicted molar refractivity (Wildman–Crippen MR) is 158 cm³/mol. The SMILES string of the molecule is CCCCCCCCCCCCCCCCP(=O)(O)OP(=O)(O)OC[C@H]1O[C@@H](n2cnc3c(N)ncnc32)[C@H](O)[C@@H]1O. The quantitative estimate of drug-likeness (QED) is 0.0920. The van der Waals surface area contributed by atoms with E-state index in [2.05, 4.69) is 26.2 Å². The minimum Gasteiger partial charge on any atom is -0.387 e. The molecule has 16 heteroatoms. The fourth-order valence-electron chi connectivity index (χ4n) is 5.05. The van der Waals surface area contributed by atoms with Crippen molar-refractivity contribution in [2.45, 2.75) is 121 Å². The van der Waals surface area contributed by atoms with Crippen molar-refractivity contribution in [2.75, 3.05) is 18.5 Å². The van der Waals surface area contributed by atoms with E-state index in [0.29, 0.717) is 12.8 Å². The molecule has 1 saturated heterocycles. The van der Waals surface area contributed by atoms with Gasteiger partial charge in [0, 0.05) is 0 Å². The summed E-state index contributed by atoms with van der Waals surface area (Å²) in [5, 5.41) is 20.9. The first-order chi connectivity index (χ1) is 20.0. The Labute approximate surface area is 247 Å². The molecule has 0 saturated carbocycles. The summed E-state index contributed by atoms with van der Waals surface area (Å²) in [6.45, 7) is 1.54. The van der Waals surface area contributed by atoms with Crippen molar-refractivity contribution in [2.24, 2.45) is 0 Å². The molecule has 0 amide bonds. The number of anilines is 1. The number of hydrogen-bond acceptors (Lipinski definition) is 11. The minimum atomic E-state index is -4.97. The molecular formula is C26H47N5O9P2. The summed E-state index contributed by atoms with van der Waals surface area (Å²) in [6.07, 6.45) is 12.6. The maximum absolute atomic E-state index is 12.4. The summed E-state index contributed by atoms with van der Waals surface area (Å²) < 4.78 is 41.2. The molecule has 0 aliphatic carbocycles. The van der Waals surface area contributed by atoms with Crippen LogP contribution in [-0.4, -0.2) is 70.6 Å². The van der Waals surface area contributed by atoms with Crippen LogP contribution in [0.15, 0.2) is 12.7 Å². The third-order valence-electron chi connectivity index (χ3n) is 7.43. The van der Waals surface area contributed by atoms with Crippen molar-refractivity contribution < 1.29 is 42.7 Å². The molecule has 240 valence electrons. The molecule has 2 aromatic heterocycles. The highest BCUT2D eigenvalue weighted by Crippen LogP contribution is 2.60. The highest BCUT2D eigenvalue weighted by atomic mass is 31.3. The zero-order chi connectivity index (χ0) is 30.6. The van der Waals surface area contributed by atoms with Crippen molar-refractivity contribution in [1.82, 2.24) is 19.5 Å². The number of nitrogen functional groups attached to an aromatic ring is 1. The summed E-state index contributed by atoms with van der Waals surface area (Å²) in [5.41, 5.74) is 6.30. The summed E-state index contributed by atoms with van der Waals surface area (Å²) in [6, 6.07) is 0. The smallest absolute Gasteiger partial charge is 0.387 e. The molecule has 0 radical (unpaired) electrons. The maximum atomic E-state index is 12.4. The van der Waals surface area contributed by atoms with E-state index in [1.807, 2.05) is 0 Å². The Morgan fingerprint density at radius 3 is 2.05 bits per heavy atom. The lowest BCUT2D eigenvalue weighted by Crippen LogP contribution is -2.33. The second-order valence-electron chi connectivity index (χ2n) is 10.9. The fourth-order valence-corrected chi connectivity index (χ4v) is 7.82. The van der Waals surface area contributed by atoms with Crippen LogP contribution in [0.2, 0.25) is 0 Å². The van der Waals surface area contributed by atoms with E-state index in [0.717, 1.165) is 19.3 Å². The summed E-state index contributed by atoms with van der Waals surface area (Å²) in [5.74, 6) is 0.118. The molecule has 0 bridgehead atoms. The number of aromatic nitrogens is 4. The number of ether oxygens (including phenoxy) is 1. The number of hydrogen-bond donors (Lipinski definition) is 5. The van der Waals surface area contributed by atoms with Gasteiger partial charge >= 0.3 is 15.4 Å². The normalized spacial score (nSPS) is 23.7. The van der Waals surface area contributed by atoms with Crippen LogP contribution in [0.25, 0.3) is 11.2 Å². The summed E-state index contributed by atoms with van der Waals surface area (Å²) in [7, 11) is -9.37. The Hall–Kier alpha value is -1.47. The molecule has 14 nitrogen and oxygen atoms in total. The molecule has 1 aliphatic rings. The number of rotatable bonds is 21. The van der Waals surface area contributed by atoms with Crippen LogP contribution in [0.3, 0.4) is 0 Å². The number of phosphoric ester groups is 1. The van der Waals surface area contributed by atoms with Gasteiger partial charge < -0.3 is 30.5 Å². The molecule has 6 N–H and O–H groups in total. The number of aliphatic hydroxyl groups is 2. The average Bonchev–Trinajstić information content (AvgIpc) is 3.48. The van der Waals surface area contributed by atoms with Crippen LogP contribution < -0.4 is 5.73 Å². The second kappa shape index (κ2) is 17.1. The third kappa shape index (κ3) is 10.9. The van der Waals surface area contributed by atoms with Crippen LogP contribution in [-0.2, 0) is 22.7 Å². The average molecular weight is 636 g/mol. The van der Waals surface area contributed by atoms with Crippen LogP contribution >= 0.6 is 15.4 Å². The minimum absolute atomic E-state index is 0.118. The first-order valence-corrected chi connectivity index (χ1v) is 18.3. The van der Waals surface area contributed by atoms with Gasteiger partial charge in [0.15, 0.2) is 17.7 Å². The van der Waals surface area contributed by atoms with Crippen molar-refractivity contribution in [3.8, 4) is 0 Å². The number of nitrogens with zero attached hydrogens (tertiary/aromatic N) is 4. The molecule has 2 unspecified atom stereocenters. The van der Waals surface area contributed by atoms with Gasteiger partial charge in [0.05, 0.1) is 19.1 Å². The molecule has 1 fully saturated rings. The Morgan fingerprint density at radius 1 is 0.881 bits per heavy atom. The van der Waals surface area contributed by atoms with Gasteiger partial charge in [0.1, 0.15) is 30.2 Å². The highest BCUT2D eigenvalue weighted by Gasteiger charge is 2.46. The Bertz CT molecular complexity index is 1190.